The summed E-state index contributed by atoms with van der Waals surface area (Å²) in [6, 6.07) is 0. The largest absolute Gasteiger partial charge is 0.481 e. The zero-order valence-electron chi connectivity index (χ0n) is 12.4. The number of nitrogens with two attached hydrogens (primary N) is 1. The van der Waals surface area contributed by atoms with Gasteiger partial charge in [0.05, 0.1) is 5.41 Å². The Morgan fingerprint density at radius 3 is 2.20 bits per heavy atom. The smallest absolute Gasteiger partial charge is 0.410 e. The van der Waals surface area contributed by atoms with E-state index in [1.54, 1.807) is 4.90 Å². The SMILES string of the molecule is CC(C)(C)OC(=O)N1CCC2(CC1)CC2(CN)C(=O)O. The molecule has 2 rings (SSSR count). The number of nitrogens with zero attached hydrogens (tertiary/aromatic N) is 1. The van der Waals surface area contributed by atoms with Crippen LogP contribution < -0.4 is 5.73 Å². The lowest BCUT2D eigenvalue weighted by atomic mass is 9.84. The summed E-state index contributed by atoms with van der Waals surface area (Å²) >= 11 is 0. The summed E-state index contributed by atoms with van der Waals surface area (Å²) in [4.78, 5) is 25.0. The van der Waals surface area contributed by atoms with Crippen LogP contribution in [0, 0.1) is 10.8 Å². The van der Waals surface area contributed by atoms with Gasteiger partial charge < -0.3 is 20.5 Å². The third-order valence-corrected chi connectivity index (χ3v) is 4.66. The molecule has 1 spiro atoms. The van der Waals surface area contributed by atoms with Crippen molar-refractivity contribution in [2.24, 2.45) is 16.6 Å². The second-order valence-electron chi connectivity index (χ2n) is 7.02. The van der Waals surface area contributed by atoms with Crippen LogP contribution in [0.1, 0.15) is 40.0 Å². The van der Waals surface area contributed by atoms with Gasteiger partial charge in [-0.1, -0.05) is 0 Å². The molecule has 1 unspecified atom stereocenters. The summed E-state index contributed by atoms with van der Waals surface area (Å²) in [5, 5.41) is 9.36. The van der Waals surface area contributed by atoms with Crippen molar-refractivity contribution in [2.45, 2.75) is 45.6 Å². The number of carboxylic acid groups (broad SMARTS) is 1. The molecule has 6 heteroatoms. The van der Waals surface area contributed by atoms with Gasteiger partial charge in [-0.3, -0.25) is 4.79 Å². The Hall–Kier alpha value is -1.30. The number of hydrogen-bond acceptors (Lipinski definition) is 4. The highest BCUT2D eigenvalue weighted by molar-refractivity contribution is 5.80. The average Bonchev–Trinajstić information content (AvgIpc) is 2.97. The minimum Gasteiger partial charge on any atom is -0.481 e. The van der Waals surface area contributed by atoms with Crippen molar-refractivity contribution in [1.82, 2.24) is 4.90 Å². The molecule has 1 saturated heterocycles. The lowest BCUT2D eigenvalue weighted by Crippen LogP contribution is -2.44. The van der Waals surface area contributed by atoms with Gasteiger partial charge in [0.2, 0.25) is 0 Å². The average molecular weight is 284 g/mol. The Kier molecular flexibility index (Phi) is 3.48. The number of carbonyl (C=O) groups is 2. The van der Waals surface area contributed by atoms with Crippen LogP contribution >= 0.6 is 0 Å². The molecular formula is C14H24N2O4. The van der Waals surface area contributed by atoms with Crippen LogP contribution in [0.2, 0.25) is 0 Å². The molecule has 1 atom stereocenters. The van der Waals surface area contributed by atoms with E-state index in [4.69, 9.17) is 10.5 Å². The number of likely N-dealkylation sites (tertiary alicyclic amines) is 1. The standard InChI is InChI=1S/C14H24N2O4/c1-12(2,3)20-11(19)16-6-4-13(5-7-16)8-14(13,9-15)10(17)18/h4-9,15H2,1-3H3,(H,17,18). The molecule has 2 aliphatic rings. The molecule has 0 radical (unpaired) electrons. The molecule has 1 saturated carbocycles. The zero-order chi connectivity index (χ0) is 15.2. The van der Waals surface area contributed by atoms with Crippen LogP contribution in [-0.4, -0.2) is 47.3 Å². The highest BCUT2D eigenvalue weighted by Crippen LogP contribution is 2.68. The highest BCUT2D eigenvalue weighted by atomic mass is 16.6. The van der Waals surface area contributed by atoms with E-state index in [2.05, 4.69) is 0 Å². The molecule has 1 aliphatic carbocycles. The van der Waals surface area contributed by atoms with Crippen molar-refractivity contribution in [3.05, 3.63) is 0 Å². The monoisotopic (exact) mass is 284 g/mol. The van der Waals surface area contributed by atoms with Gasteiger partial charge in [-0.25, -0.2) is 4.79 Å². The van der Waals surface area contributed by atoms with Crippen LogP contribution in [0.3, 0.4) is 0 Å². The van der Waals surface area contributed by atoms with Gasteiger partial charge in [-0.2, -0.15) is 0 Å². The van der Waals surface area contributed by atoms with E-state index in [0.29, 0.717) is 32.4 Å². The summed E-state index contributed by atoms with van der Waals surface area (Å²) < 4.78 is 5.34. The third-order valence-electron chi connectivity index (χ3n) is 4.66. The Bertz CT molecular complexity index is 421. The summed E-state index contributed by atoms with van der Waals surface area (Å²) in [6.07, 6.45) is 1.70. The van der Waals surface area contributed by atoms with Gasteiger partial charge in [0.25, 0.3) is 0 Å². The molecule has 0 aromatic rings. The van der Waals surface area contributed by atoms with E-state index in [9.17, 15) is 14.7 Å². The summed E-state index contributed by atoms with van der Waals surface area (Å²) in [5.74, 6) is -0.800. The number of aliphatic carboxylic acids is 1. The van der Waals surface area contributed by atoms with Crippen molar-refractivity contribution in [2.75, 3.05) is 19.6 Å². The van der Waals surface area contributed by atoms with Gasteiger partial charge >= 0.3 is 12.1 Å². The molecule has 3 N–H and O–H groups in total. The molecule has 0 bridgehead atoms. The number of amides is 1. The number of ether oxygens (including phenoxy) is 1. The van der Waals surface area contributed by atoms with Crippen molar-refractivity contribution in [3.63, 3.8) is 0 Å². The number of carboxylic acids is 1. The zero-order valence-corrected chi connectivity index (χ0v) is 12.4. The Balaban J connectivity index is 1.94. The number of hydrogen-bond donors (Lipinski definition) is 2. The van der Waals surface area contributed by atoms with Gasteiger partial charge in [0.15, 0.2) is 0 Å². The van der Waals surface area contributed by atoms with Crippen molar-refractivity contribution in [1.29, 1.82) is 0 Å². The third kappa shape index (κ3) is 2.37. The summed E-state index contributed by atoms with van der Waals surface area (Å²) in [5.41, 5.74) is 4.17. The van der Waals surface area contributed by atoms with E-state index in [1.807, 2.05) is 20.8 Å². The lowest BCUT2D eigenvalue weighted by Gasteiger charge is -2.35. The fourth-order valence-electron chi connectivity index (χ4n) is 3.31. The van der Waals surface area contributed by atoms with Crippen LogP contribution in [0.15, 0.2) is 0 Å². The predicted molar refractivity (Wildman–Crippen MR) is 73.2 cm³/mol. The highest BCUT2D eigenvalue weighted by Gasteiger charge is 2.71. The van der Waals surface area contributed by atoms with Crippen molar-refractivity contribution < 1.29 is 19.4 Å². The Labute approximate surface area is 119 Å². The fraction of sp³-hybridized carbons (Fsp3) is 0.857. The summed E-state index contributed by atoms with van der Waals surface area (Å²) in [6.45, 7) is 6.77. The van der Waals surface area contributed by atoms with Gasteiger partial charge in [-0.15, -0.1) is 0 Å². The first kappa shape index (κ1) is 15.1. The maximum atomic E-state index is 12.0. The first-order chi connectivity index (χ1) is 9.16. The van der Waals surface area contributed by atoms with Crippen LogP contribution in [-0.2, 0) is 9.53 Å². The lowest BCUT2D eigenvalue weighted by molar-refractivity contribution is -0.145. The topological polar surface area (TPSA) is 92.9 Å². The first-order valence-corrected chi connectivity index (χ1v) is 7.07. The van der Waals surface area contributed by atoms with E-state index in [1.165, 1.54) is 0 Å². The molecule has 1 heterocycles. The van der Waals surface area contributed by atoms with Gasteiger partial charge in [-0.05, 0) is 45.4 Å². The molecule has 0 aromatic carbocycles. The van der Waals surface area contributed by atoms with E-state index < -0.39 is 17.0 Å². The first-order valence-electron chi connectivity index (χ1n) is 7.07. The minimum absolute atomic E-state index is 0.175. The quantitative estimate of drug-likeness (QED) is 0.800. The minimum atomic E-state index is -0.800. The van der Waals surface area contributed by atoms with Crippen LogP contribution in [0.5, 0.6) is 0 Å². The van der Waals surface area contributed by atoms with E-state index in [-0.39, 0.29) is 18.1 Å². The summed E-state index contributed by atoms with van der Waals surface area (Å²) in [7, 11) is 0. The van der Waals surface area contributed by atoms with Gasteiger partial charge in [0.1, 0.15) is 5.60 Å². The van der Waals surface area contributed by atoms with Crippen LogP contribution in [0.4, 0.5) is 4.79 Å². The van der Waals surface area contributed by atoms with Crippen molar-refractivity contribution >= 4 is 12.1 Å². The molecular weight excluding hydrogens is 260 g/mol. The maximum absolute atomic E-state index is 12.0. The molecule has 1 aliphatic heterocycles. The Morgan fingerprint density at radius 1 is 1.30 bits per heavy atom. The molecule has 20 heavy (non-hydrogen) atoms. The molecule has 6 nitrogen and oxygen atoms in total. The number of carbonyl (C=O) groups excluding carboxylic acids is 1. The van der Waals surface area contributed by atoms with Crippen molar-refractivity contribution in [3.8, 4) is 0 Å². The number of piperidine rings is 1. The Morgan fingerprint density at radius 2 is 1.85 bits per heavy atom. The molecule has 2 fully saturated rings. The second kappa shape index (κ2) is 4.62. The predicted octanol–water partition coefficient (Wildman–Crippen LogP) is 1.44. The fourth-order valence-corrected chi connectivity index (χ4v) is 3.31. The van der Waals surface area contributed by atoms with E-state index >= 15 is 0 Å². The second-order valence-corrected chi connectivity index (χ2v) is 7.02. The molecule has 114 valence electrons. The van der Waals surface area contributed by atoms with Gasteiger partial charge in [0, 0.05) is 19.6 Å². The number of rotatable bonds is 2. The maximum Gasteiger partial charge on any atom is 0.410 e. The van der Waals surface area contributed by atoms with Crippen LogP contribution in [0.25, 0.3) is 0 Å². The normalized spacial score (nSPS) is 28.3. The molecule has 1 amide bonds. The van der Waals surface area contributed by atoms with E-state index in [0.717, 1.165) is 0 Å². The molecule has 0 aromatic heterocycles.